The monoisotopic (exact) mass is 443 g/mol. The molecule has 0 bridgehead atoms. The molecule has 0 fully saturated rings. The van der Waals surface area contributed by atoms with Gasteiger partial charge in [0.25, 0.3) is 0 Å². The molecule has 1 N–H and O–H groups in total. The van der Waals surface area contributed by atoms with E-state index in [1.165, 1.54) is 6.20 Å². The SMILES string of the molecule is COc1ccc(C(NC(=O)CCc2c(C)nc3c(C#N)cnn3c2C)c2nccn2C)cc1. The number of carbonyl (C=O) groups excluding carboxylic acids is 1. The number of nitrogens with zero attached hydrogens (tertiary/aromatic N) is 6. The van der Waals surface area contributed by atoms with Crippen molar-refractivity contribution in [3.8, 4) is 11.8 Å². The number of carbonyl (C=O) groups is 1. The van der Waals surface area contributed by atoms with Crippen LogP contribution in [0.15, 0.2) is 42.9 Å². The molecular weight excluding hydrogens is 418 g/mol. The van der Waals surface area contributed by atoms with Gasteiger partial charge in [0, 0.05) is 37.3 Å². The number of fused-ring (bicyclic) bond motifs is 1. The molecule has 33 heavy (non-hydrogen) atoms. The molecule has 3 heterocycles. The number of amides is 1. The number of imidazole rings is 1. The van der Waals surface area contributed by atoms with Crippen LogP contribution in [0.3, 0.4) is 0 Å². The molecule has 0 saturated heterocycles. The van der Waals surface area contributed by atoms with Crippen molar-refractivity contribution in [2.75, 3.05) is 7.11 Å². The highest BCUT2D eigenvalue weighted by molar-refractivity contribution is 5.77. The largest absolute Gasteiger partial charge is 0.497 e. The Bertz CT molecular complexity index is 1350. The van der Waals surface area contributed by atoms with Crippen LogP contribution >= 0.6 is 0 Å². The van der Waals surface area contributed by atoms with E-state index < -0.39 is 6.04 Å². The second-order valence-electron chi connectivity index (χ2n) is 7.84. The van der Waals surface area contributed by atoms with Crippen molar-refractivity contribution in [1.82, 2.24) is 29.5 Å². The highest BCUT2D eigenvalue weighted by Crippen LogP contribution is 2.24. The summed E-state index contributed by atoms with van der Waals surface area (Å²) in [4.78, 5) is 22.0. The first-order chi connectivity index (χ1) is 15.9. The molecule has 9 heteroatoms. The molecule has 1 unspecified atom stereocenters. The maximum absolute atomic E-state index is 13.0. The van der Waals surface area contributed by atoms with E-state index in [9.17, 15) is 10.1 Å². The van der Waals surface area contributed by atoms with Crippen LogP contribution in [0.5, 0.6) is 5.75 Å². The van der Waals surface area contributed by atoms with E-state index in [1.54, 1.807) is 17.8 Å². The number of hydrogen-bond donors (Lipinski definition) is 1. The molecule has 1 amide bonds. The minimum Gasteiger partial charge on any atom is -0.497 e. The number of methoxy groups -OCH3 is 1. The highest BCUT2D eigenvalue weighted by atomic mass is 16.5. The van der Waals surface area contributed by atoms with Gasteiger partial charge in [0.2, 0.25) is 5.91 Å². The van der Waals surface area contributed by atoms with Crippen LogP contribution < -0.4 is 10.1 Å². The first-order valence-electron chi connectivity index (χ1n) is 10.6. The lowest BCUT2D eigenvalue weighted by molar-refractivity contribution is -0.121. The fraction of sp³-hybridized carbons (Fsp3) is 0.292. The molecule has 1 atom stereocenters. The summed E-state index contributed by atoms with van der Waals surface area (Å²) >= 11 is 0. The lowest BCUT2D eigenvalue weighted by atomic mass is 10.0. The Labute approximate surface area is 191 Å². The van der Waals surface area contributed by atoms with E-state index in [4.69, 9.17) is 4.74 Å². The standard InChI is InChI=1S/C24H25N7O2/c1-15-20(16(2)31-23(28-15)18(13-25)14-27-31)9-10-21(32)29-22(24-26-11-12-30(24)3)17-5-7-19(33-4)8-6-17/h5-8,11-12,14,22H,9-10H2,1-4H3,(H,29,32). The minimum absolute atomic E-state index is 0.101. The fourth-order valence-electron chi connectivity index (χ4n) is 3.97. The van der Waals surface area contributed by atoms with E-state index in [-0.39, 0.29) is 12.3 Å². The van der Waals surface area contributed by atoms with Crippen molar-refractivity contribution >= 4 is 11.6 Å². The maximum atomic E-state index is 13.0. The second kappa shape index (κ2) is 9.12. The van der Waals surface area contributed by atoms with Crippen molar-refractivity contribution in [1.29, 1.82) is 5.26 Å². The summed E-state index contributed by atoms with van der Waals surface area (Å²) in [5.41, 5.74) is 4.50. The van der Waals surface area contributed by atoms with Crippen LogP contribution in [0.25, 0.3) is 5.65 Å². The Hall–Kier alpha value is -4.19. The predicted molar refractivity (Wildman–Crippen MR) is 122 cm³/mol. The zero-order chi connectivity index (χ0) is 23.5. The number of aromatic nitrogens is 5. The molecule has 3 aromatic heterocycles. The van der Waals surface area contributed by atoms with Crippen molar-refractivity contribution in [2.45, 2.75) is 32.7 Å². The Balaban J connectivity index is 1.55. The number of rotatable bonds is 7. The number of aryl methyl sites for hydroxylation is 3. The van der Waals surface area contributed by atoms with Gasteiger partial charge in [0.1, 0.15) is 29.2 Å². The van der Waals surface area contributed by atoms with Gasteiger partial charge >= 0.3 is 0 Å². The average Bonchev–Trinajstić information content (AvgIpc) is 3.43. The zero-order valence-corrected chi connectivity index (χ0v) is 19.0. The molecule has 1 aromatic carbocycles. The van der Waals surface area contributed by atoms with E-state index in [0.717, 1.165) is 34.1 Å². The molecule has 4 rings (SSSR count). The third kappa shape index (κ3) is 4.28. The molecule has 0 aliphatic heterocycles. The quantitative estimate of drug-likeness (QED) is 0.470. The van der Waals surface area contributed by atoms with Gasteiger partial charge in [-0.05, 0) is 43.5 Å². The Kier molecular flexibility index (Phi) is 6.09. The van der Waals surface area contributed by atoms with E-state index in [2.05, 4.69) is 26.5 Å². The molecule has 0 saturated carbocycles. The Morgan fingerprint density at radius 1 is 1.27 bits per heavy atom. The van der Waals surface area contributed by atoms with Crippen LogP contribution in [-0.4, -0.2) is 37.2 Å². The fourth-order valence-corrected chi connectivity index (χ4v) is 3.97. The average molecular weight is 444 g/mol. The molecule has 9 nitrogen and oxygen atoms in total. The molecule has 0 aliphatic rings. The van der Waals surface area contributed by atoms with Gasteiger partial charge in [-0.15, -0.1) is 0 Å². The highest BCUT2D eigenvalue weighted by Gasteiger charge is 2.22. The first kappa shape index (κ1) is 22.0. The molecule has 0 radical (unpaired) electrons. The van der Waals surface area contributed by atoms with Crippen LogP contribution in [0.1, 0.15) is 46.4 Å². The third-order valence-electron chi connectivity index (χ3n) is 5.80. The number of nitriles is 1. The summed E-state index contributed by atoms with van der Waals surface area (Å²) < 4.78 is 8.81. The second-order valence-corrected chi connectivity index (χ2v) is 7.84. The third-order valence-corrected chi connectivity index (χ3v) is 5.80. The summed E-state index contributed by atoms with van der Waals surface area (Å²) in [6.45, 7) is 3.82. The van der Waals surface area contributed by atoms with Gasteiger partial charge < -0.3 is 14.6 Å². The van der Waals surface area contributed by atoms with Gasteiger partial charge in [-0.2, -0.15) is 10.4 Å². The summed E-state index contributed by atoms with van der Waals surface area (Å²) in [6.07, 6.45) is 5.86. The smallest absolute Gasteiger partial charge is 0.221 e. The normalized spacial score (nSPS) is 11.8. The van der Waals surface area contributed by atoms with Crippen LogP contribution in [0.4, 0.5) is 0 Å². The maximum Gasteiger partial charge on any atom is 0.221 e. The van der Waals surface area contributed by atoms with Crippen molar-refractivity contribution in [2.24, 2.45) is 7.05 Å². The number of hydrogen-bond acceptors (Lipinski definition) is 6. The predicted octanol–water partition coefficient (Wildman–Crippen LogP) is 2.80. The molecule has 0 aliphatic carbocycles. The summed E-state index contributed by atoms with van der Waals surface area (Å²) in [7, 11) is 3.52. The molecule has 0 spiro atoms. The van der Waals surface area contributed by atoms with Gasteiger partial charge in [-0.25, -0.2) is 14.5 Å². The lowest BCUT2D eigenvalue weighted by Crippen LogP contribution is -2.31. The van der Waals surface area contributed by atoms with Gasteiger partial charge in [0.05, 0.1) is 13.3 Å². The van der Waals surface area contributed by atoms with E-state index >= 15 is 0 Å². The van der Waals surface area contributed by atoms with Gasteiger partial charge in [-0.3, -0.25) is 4.79 Å². The summed E-state index contributed by atoms with van der Waals surface area (Å²) in [6, 6.07) is 9.30. The van der Waals surface area contributed by atoms with Crippen LogP contribution in [-0.2, 0) is 18.3 Å². The number of benzene rings is 1. The lowest BCUT2D eigenvalue weighted by Gasteiger charge is -2.20. The minimum atomic E-state index is -0.393. The van der Waals surface area contributed by atoms with Crippen molar-refractivity contribution in [3.05, 3.63) is 76.8 Å². The number of nitrogens with one attached hydrogen (secondary N) is 1. The molecule has 4 aromatic rings. The summed E-state index contributed by atoms with van der Waals surface area (Å²) in [5.74, 6) is 1.39. The Morgan fingerprint density at radius 3 is 2.67 bits per heavy atom. The van der Waals surface area contributed by atoms with E-state index in [1.807, 2.05) is 55.9 Å². The number of ether oxygens (including phenoxy) is 1. The zero-order valence-electron chi connectivity index (χ0n) is 19.0. The van der Waals surface area contributed by atoms with Crippen LogP contribution in [0.2, 0.25) is 0 Å². The van der Waals surface area contributed by atoms with Gasteiger partial charge in [0.15, 0.2) is 5.65 Å². The Morgan fingerprint density at radius 2 is 2.03 bits per heavy atom. The van der Waals surface area contributed by atoms with Gasteiger partial charge in [-0.1, -0.05) is 12.1 Å². The summed E-state index contributed by atoms with van der Waals surface area (Å²) in [5, 5.41) is 16.6. The topological polar surface area (TPSA) is 110 Å². The van der Waals surface area contributed by atoms with Crippen molar-refractivity contribution in [3.63, 3.8) is 0 Å². The van der Waals surface area contributed by atoms with Crippen molar-refractivity contribution < 1.29 is 9.53 Å². The molecule has 168 valence electrons. The van der Waals surface area contributed by atoms with E-state index in [0.29, 0.717) is 17.6 Å². The first-order valence-corrected chi connectivity index (χ1v) is 10.6. The van der Waals surface area contributed by atoms with Crippen LogP contribution in [0, 0.1) is 25.2 Å². The molecular formula is C24H25N7O2.